The Hall–Kier alpha value is -1.59. The molecule has 0 saturated carbocycles. The molecule has 1 heterocycles. The number of ether oxygens (including phenoxy) is 1. The summed E-state index contributed by atoms with van der Waals surface area (Å²) >= 11 is 5.07. The summed E-state index contributed by atoms with van der Waals surface area (Å²) in [6.07, 6.45) is 0. The third-order valence-electron chi connectivity index (χ3n) is 2.22. The molecule has 0 atom stereocenters. The summed E-state index contributed by atoms with van der Waals surface area (Å²) in [6.45, 7) is 0.431. The number of H-pyrrole nitrogens is 1. The Kier molecular flexibility index (Phi) is 3.61. The third kappa shape index (κ3) is 2.95. The SMILES string of the molecule is COCc1cc(=S)nc(-c2ccc(F)cc2)[nH]1. The third-order valence-corrected chi connectivity index (χ3v) is 2.43. The predicted molar refractivity (Wildman–Crippen MR) is 65.5 cm³/mol. The fraction of sp³-hybridized carbons (Fsp3) is 0.167. The maximum Gasteiger partial charge on any atom is 0.139 e. The van der Waals surface area contributed by atoms with E-state index in [0.29, 0.717) is 17.1 Å². The Morgan fingerprint density at radius 3 is 2.71 bits per heavy atom. The zero-order valence-corrected chi connectivity index (χ0v) is 10.1. The molecule has 1 aromatic carbocycles. The maximum atomic E-state index is 12.8. The van der Waals surface area contributed by atoms with Crippen molar-refractivity contribution < 1.29 is 9.13 Å². The van der Waals surface area contributed by atoms with Crippen LogP contribution in [-0.2, 0) is 11.3 Å². The second-order valence-corrected chi connectivity index (χ2v) is 3.95. The molecule has 0 unspecified atom stereocenters. The van der Waals surface area contributed by atoms with Crippen LogP contribution in [0.15, 0.2) is 30.3 Å². The van der Waals surface area contributed by atoms with E-state index in [1.54, 1.807) is 25.3 Å². The van der Waals surface area contributed by atoms with Gasteiger partial charge in [0.2, 0.25) is 0 Å². The fourth-order valence-electron chi connectivity index (χ4n) is 1.49. The Morgan fingerprint density at radius 2 is 2.06 bits per heavy atom. The van der Waals surface area contributed by atoms with E-state index in [-0.39, 0.29) is 5.82 Å². The molecule has 0 spiro atoms. The summed E-state index contributed by atoms with van der Waals surface area (Å²) in [7, 11) is 1.61. The van der Waals surface area contributed by atoms with Gasteiger partial charge in [-0.2, -0.15) is 0 Å². The zero-order valence-electron chi connectivity index (χ0n) is 9.24. The van der Waals surface area contributed by atoms with Crippen LogP contribution in [0.2, 0.25) is 0 Å². The van der Waals surface area contributed by atoms with Crippen LogP contribution in [-0.4, -0.2) is 17.1 Å². The molecule has 0 aliphatic carbocycles. The number of aromatic nitrogens is 2. The van der Waals surface area contributed by atoms with Crippen molar-refractivity contribution in [3.63, 3.8) is 0 Å². The smallest absolute Gasteiger partial charge is 0.139 e. The van der Waals surface area contributed by atoms with Crippen molar-refractivity contribution in [2.75, 3.05) is 7.11 Å². The highest BCUT2D eigenvalue weighted by atomic mass is 32.1. The van der Waals surface area contributed by atoms with Crippen molar-refractivity contribution in [2.24, 2.45) is 0 Å². The molecular weight excluding hydrogens is 239 g/mol. The predicted octanol–water partition coefficient (Wildman–Crippen LogP) is 3.09. The lowest BCUT2D eigenvalue weighted by Crippen LogP contribution is -1.97. The van der Waals surface area contributed by atoms with Crippen molar-refractivity contribution in [1.29, 1.82) is 0 Å². The molecule has 17 heavy (non-hydrogen) atoms. The Morgan fingerprint density at radius 1 is 1.35 bits per heavy atom. The van der Waals surface area contributed by atoms with Gasteiger partial charge in [-0.3, -0.25) is 0 Å². The van der Waals surface area contributed by atoms with Crippen molar-refractivity contribution in [3.05, 3.63) is 46.5 Å². The summed E-state index contributed by atoms with van der Waals surface area (Å²) in [4.78, 5) is 7.29. The minimum Gasteiger partial charge on any atom is -0.378 e. The fourth-order valence-corrected chi connectivity index (χ4v) is 1.72. The molecule has 3 nitrogen and oxygen atoms in total. The highest BCUT2D eigenvalue weighted by molar-refractivity contribution is 7.71. The average Bonchev–Trinajstić information content (AvgIpc) is 2.29. The summed E-state index contributed by atoms with van der Waals surface area (Å²) in [6, 6.07) is 7.82. The van der Waals surface area contributed by atoms with E-state index in [0.717, 1.165) is 11.3 Å². The molecule has 0 saturated heterocycles. The van der Waals surface area contributed by atoms with Crippen molar-refractivity contribution in [3.8, 4) is 11.4 Å². The molecule has 0 radical (unpaired) electrons. The lowest BCUT2D eigenvalue weighted by atomic mass is 10.2. The van der Waals surface area contributed by atoms with Gasteiger partial charge in [-0.25, -0.2) is 9.37 Å². The molecule has 0 aliphatic heterocycles. The van der Waals surface area contributed by atoms with E-state index in [1.807, 2.05) is 0 Å². The molecule has 0 bridgehead atoms. The molecule has 0 fully saturated rings. The van der Waals surface area contributed by atoms with Crippen LogP contribution < -0.4 is 0 Å². The van der Waals surface area contributed by atoms with Crippen LogP contribution in [0.5, 0.6) is 0 Å². The topological polar surface area (TPSA) is 37.9 Å². The maximum absolute atomic E-state index is 12.8. The number of hydrogen-bond donors (Lipinski definition) is 1. The molecule has 5 heteroatoms. The standard InChI is InChI=1S/C12H11FN2OS/c1-16-7-10-6-11(17)15-12(14-10)8-2-4-9(13)5-3-8/h2-6H,7H2,1H3,(H,14,15,17). The van der Waals surface area contributed by atoms with Crippen LogP contribution >= 0.6 is 12.2 Å². The monoisotopic (exact) mass is 250 g/mol. The van der Waals surface area contributed by atoms with Gasteiger partial charge in [0.05, 0.1) is 6.61 Å². The van der Waals surface area contributed by atoms with Gasteiger partial charge in [-0.05, 0) is 30.3 Å². The van der Waals surface area contributed by atoms with E-state index in [2.05, 4.69) is 9.97 Å². The molecule has 0 amide bonds. The number of rotatable bonds is 3. The number of benzene rings is 1. The lowest BCUT2D eigenvalue weighted by molar-refractivity contribution is 0.181. The van der Waals surface area contributed by atoms with Crippen LogP contribution in [0.4, 0.5) is 4.39 Å². The van der Waals surface area contributed by atoms with Gasteiger partial charge in [-0.1, -0.05) is 12.2 Å². The van der Waals surface area contributed by atoms with Gasteiger partial charge in [0.1, 0.15) is 16.3 Å². The first-order valence-electron chi connectivity index (χ1n) is 5.04. The van der Waals surface area contributed by atoms with Gasteiger partial charge in [0, 0.05) is 18.4 Å². The molecule has 88 valence electrons. The Bertz CT molecular complexity index is 565. The van der Waals surface area contributed by atoms with E-state index >= 15 is 0 Å². The van der Waals surface area contributed by atoms with Gasteiger partial charge in [-0.15, -0.1) is 0 Å². The Labute approximate surface area is 103 Å². The summed E-state index contributed by atoms with van der Waals surface area (Å²) < 4.78 is 18.3. The first kappa shape index (κ1) is 11.9. The van der Waals surface area contributed by atoms with Crippen LogP contribution in [0.3, 0.4) is 0 Å². The van der Waals surface area contributed by atoms with Crippen molar-refractivity contribution in [1.82, 2.24) is 9.97 Å². The minimum absolute atomic E-state index is 0.277. The molecule has 0 aliphatic rings. The van der Waals surface area contributed by atoms with E-state index < -0.39 is 0 Å². The molecule has 1 aromatic heterocycles. The normalized spacial score (nSPS) is 10.5. The van der Waals surface area contributed by atoms with Gasteiger partial charge in [0.25, 0.3) is 0 Å². The van der Waals surface area contributed by atoms with Crippen LogP contribution in [0.25, 0.3) is 11.4 Å². The summed E-state index contributed by atoms with van der Waals surface area (Å²) in [5.74, 6) is 0.338. The van der Waals surface area contributed by atoms with Crippen LogP contribution in [0, 0.1) is 10.5 Å². The number of halogens is 1. The summed E-state index contributed by atoms with van der Waals surface area (Å²) in [5, 5.41) is 0. The average molecular weight is 250 g/mol. The Balaban J connectivity index is 2.44. The van der Waals surface area contributed by atoms with E-state index in [9.17, 15) is 4.39 Å². The highest BCUT2D eigenvalue weighted by Gasteiger charge is 2.02. The molecule has 2 rings (SSSR count). The van der Waals surface area contributed by atoms with Gasteiger partial charge in [0.15, 0.2) is 0 Å². The summed E-state index contributed by atoms with van der Waals surface area (Å²) in [5.41, 5.74) is 1.63. The second-order valence-electron chi connectivity index (χ2n) is 3.53. The van der Waals surface area contributed by atoms with Crippen molar-refractivity contribution in [2.45, 2.75) is 6.61 Å². The molecule has 1 N–H and O–H groups in total. The zero-order chi connectivity index (χ0) is 12.3. The molecular formula is C12H11FN2OS. The van der Waals surface area contributed by atoms with Gasteiger partial charge >= 0.3 is 0 Å². The largest absolute Gasteiger partial charge is 0.378 e. The number of nitrogens with zero attached hydrogens (tertiary/aromatic N) is 1. The van der Waals surface area contributed by atoms with Crippen LogP contribution in [0.1, 0.15) is 5.69 Å². The van der Waals surface area contributed by atoms with E-state index in [1.165, 1.54) is 12.1 Å². The van der Waals surface area contributed by atoms with E-state index in [4.69, 9.17) is 17.0 Å². The first-order chi connectivity index (χ1) is 8.19. The second kappa shape index (κ2) is 5.16. The molecule has 2 aromatic rings. The van der Waals surface area contributed by atoms with Gasteiger partial charge < -0.3 is 9.72 Å². The lowest BCUT2D eigenvalue weighted by Gasteiger charge is -2.05. The van der Waals surface area contributed by atoms with Crippen molar-refractivity contribution >= 4 is 12.2 Å². The highest BCUT2D eigenvalue weighted by Crippen LogP contribution is 2.15. The number of aromatic amines is 1. The number of methoxy groups -OCH3 is 1. The minimum atomic E-state index is -0.277. The number of nitrogens with one attached hydrogen (secondary N) is 1. The first-order valence-corrected chi connectivity index (χ1v) is 5.45. The number of hydrogen-bond acceptors (Lipinski definition) is 3. The quantitative estimate of drug-likeness (QED) is 0.851.